The molecule has 19 heavy (non-hydrogen) atoms. The van der Waals surface area contributed by atoms with Crippen molar-refractivity contribution >= 4 is 12.2 Å². The first-order valence-corrected chi connectivity index (χ1v) is 6.27. The number of methoxy groups -OCH3 is 2. The van der Waals surface area contributed by atoms with Crippen molar-refractivity contribution in [3.05, 3.63) is 34.2 Å². The molecule has 1 aromatic carbocycles. The molecule has 1 heterocycles. The fourth-order valence-corrected chi connectivity index (χ4v) is 2.13. The van der Waals surface area contributed by atoms with Crippen LogP contribution in [0, 0.1) is 18.5 Å². The highest BCUT2D eigenvalue weighted by molar-refractivity contribution is 7.71. The van der Waals surface area contributed by atoms with Crippen molar-refractivity contribution < 1.29 is 9.47 Å². The predicted octanol–water partition coefficient (Wildman–Crippen LogP) is 3.44. The quantitative estimate of drug-likeness (QED) is 0.872. The van der Waals surface area contributed by atoms with E-state index in [-0.39, 0.29) is 0 Å². The van der Waals surface area contributed by atoms with Crippen LogP contribution in [-0.2, 0) is 0 Å². The first-order valence-electron chi connectivity index (χ1n) is 5.86. The van der Waals surface area contributed by atoms with Crippen LogP contribution in [0.5, 0.6) is 11.5 Å². The molecule has 0 saturated carbocycles. The third kappa shape index (κ3) is 2.76. The molecular formula is C14H16N2O2S. The minimum atomic E-state index is 0.605. The molecule has 0 spiro atoms. The molecule has 1 N–H and O–H groups in total. The van der Waals surface area contributed by atoms with Crippen LogP contribution in [0.25, 0.3) is 11.3 Å². The van der Waals surface area contributed by atoms with Crippen LogP contribution in [0.2, 0.25) is 0 Å². The van der Waals surface area contributed by atoms with Crippen molar-refractivity contribution in [1.82, 2.24) is 9.97 Å². The van der Waals surface area contributed by atoms with E-state index in [1.165, 1.54) is 0 Å². The number of benzene rings is 1. The standard InChI is InChI=1S/C14H16N2O2S/c1-8-13(15-9(2)16-14(8)19)10-5-11(17-3)7-12(6-10)18-4/h5-7H,1-4H3,(H,15,16,19). The summed E-state index contributed by atoms with van der Waals surface area (Å²) in [5.74, 6) is 2.26. The Kier molecular flexibility index (Phi) is 3.85. The number of nitrogens with one attached hydrogen (secondary N) is 1. The van der Waals surface area contributed by atoms with E-state index in [9.17, 15) is 0 Å². The zero-order valence-electron chi connectivity index (χ0n) is 11.4. The van der Waals surface area contributed by atoms with Gasteiger partial charge in [-0.15, -0.1) is 0 Å². The Labute approximate surface area is 117 Å². The van der Waals surface area contributed by atoms with E-state index in [0.717, 1.165) is 34.1 Å². The van der Waals surface area contributed by atoms with Crippen molar-refractivity contribution in [1.29, 1.82) is 0 Å². The SMILES string of the molecule is COc1cc(OC)cc(-c2[nH]c(C)nc(=S)c2C)c1. The first kappa shape index (κ1) is 13.5. The third-order valence-corrected chi connectivity index (χ3v) is 3.31. The molecule has 5 heteroatoms. The molecule has 0 aliphatic rings. The lowest BCUT2D eigenvalue weighted by molar-refractivity contribution is 0.394. The average molecular weight is 276 g/mol. The molecule has 2 aromatic rings. The second-order valence-electron chi connectivity index (χ2n) is 4.23. The van der Waals surface area contributed by atoms with E-state index in [1.807, 2.05) is 32.0 Å². The molecule has 2 rings (SSSR count). The predicted molar refractivity (Wildman–Crippen MR) is 77.4 cm³/mol. The summed E-state index contributed by atoms with van der Waals surface area (Å²) in [5, 5.41) is 0. The molecule has 100 valence electrons. The van der Waals surface area contributed by atoms with E-state index in [2.05, 4.69) is 9.97 Å². The van der Waals surface area contributed by atoms with Crippen molar-refractivity contribution in [3.63, 3.8) is 0 Å². The Balaban J connectivity index is 2.67. The largest absolute Gasteiger partial charge is 0.497 e. The number of aromatic amines is 1. The van der Waals surface area contributed by atoms with Gasteiger partial charge in [0.25, 0.3) is 0 Å². The maximum atomic E-state index is 5.28. The normalized spacial score (nSPS) is 10.3. The summed E-state index contributed by atoms with van der Waals surface area (Å²) >= 11 is 5.26. The summed E-state index contributed by atoms with van der Waals surface area (Å²) in [4.78, 5) is 7.49. The number of hydrogen-bond acceptors (Lipinski definition) is 4. The fraction of sp³-hybridized carbons (Fsp3) is 0.286. The van der Waals surface area contributed by atoms with Crippen LogP contribution in [0.3, 0.4) is 0 Å². The summed E-state index contributed by atoms with van der Waals surface area (Å²) in [6, 6.07) is 5.71. The van der Waals surface area contributed by atoms with Crippen molar-refractivity contribution in [2.75, 3.05) is 14.2 Å². The molecule has 0 bridgehead atoms. The molecule has 0 saturated heterocycles. The Hall–Kier alpha value is -1.88. The highest BCUT2D eigenvalue weighted by Gasteiger charge is 2.09. The molecule has 4 nitrogen and oxygen atoms in total. The molecule has 0 atom stereocenters. The summed E-state index contributed by atoms with van der Waals surface area (Å²) < 4.78 is 11.2. The number of H-pyrrole nitrogens is 1. The fourth-order valence-electron chi connectivity index (χ4n) is 1.89. The minimum Gasteiger partial charge on any atom is -0.497 e. The Morgan fingerprint density at radius 1 is 1.05 bits per heavy atom. The third-order valence-electron chi connectivity index (χ3n) is 2.91. The van der Waals surface area contributed by atoms with Crippen LogP contribution >= 0.6 is 12.2 Å². The smallest absolute Gasteiger partial charge is 0.133 e. The zero-order chi connectivity index (χ0) is 14.0. The minimum absolute atomic E-state index is 0.605. The average Bonchev–Trinajstić information content (AvgIpc) is 2.42. The molecular weight excluding hydrogens is 260 g/mol. The zero-order valence-corrected chi connectivity index (χ0v) is 12.2. The molecule has 0 fully saturated rings. The molecule has 0 unspecified atom stereocenters. The van der Waals surface area contributed by atoms with Gasteiger partial charge in [-0.2, -0.15) is 0 Å². The molecule has 0 aliphatic heterocycles. The summed E-state index contributed by atoms with van der Waals surface area (Å²) in [5.41, 5.74) is 2.84. The second kappa shape index (κ2) is 5.40. The number of ether oxygens (including phenoxy) is 2. The van der Waals surface area contributed by atoms with Gasteiger partial charge in [-0.05, 0) is 26.0 Å². The summed E-state index contributed by atoms with van der Waals surface area (Å²) in [6.45, 7) is 3.84. The lowest BCUT2D eigenvalue weighted by Gasteiger charge is -2.11. The second-order valence-corrected chi connectivity index (χ2v) is 4.62. The van der Waals surface area contributed by atoms with E-state index < -0.39 is 0 Å². The van der Waals surface area contributed by atoms with Gasteiger partial charge in [-0.1, -0.05) is 12.2 Å². The van der Waals surface area contributed by atoms with Gasteiger partial charge < -0.3 is 14.5 Å². The number of hydrogen-bond donors (Lipinski definition) is 1. The number of nitrogens with zero attached hydrogens (tertiary/aromatic N) is 1. The van der Waals surface area contributed by atoms with E-state index in [0.29, 0.717) is 4.64 Å². The van der Waals surface area contributed by atoms with Gasteiger partial charge in [0, 0.05) is 17.2 Å². The van der Waals surface area contributed by atoms with Gasteiger partial charge in [0.15, 0.2) is 0 Å². The van der Waals surface area contributed by atoms with Crippen molar-refractivity contribution in [2.24, 2.45) is 0 Å². The molecule has 0 aliphatic carbocycles. The lowest BCUT2D eigenvalue weighted by Crippen LogP contribution is -1.97. The van der Waals surface area contributed by atoms with Crippen LogP contribution in [-0.4, -0.2) is 24.2 Å². The first-order chi connectivity index (χ1) is 9.05. The van der Waals surface area contributed by atoms with Gasteiger partial charge in [0.05, 0.1) is 19.9 Å². The Morgan fingerprint density at radius 2 is 1.63 bits per heavy atom. The van der Waals surface area contributed by atoms with Gasteiger partial charge in [-0.25, -0.2) is 4.98 Å². The van der Waals surface area contributed by atoms with Crippen LogP contribution in [0.1, 0.15) is 11.4 Å². The maximum absolute atomic E-state index is 5.28. The van der Waals surface area contributed by atoms with E-state index >= 15 is 0 Å². The van der Waals surface area contributed by atoms with Gasteiger partial charge >= 0.3 is 0 Å². The van der Waals surface area contributed by atoms with Gasteiger partial charge in [-0.3, -0.25) is 0 Å². The highest BCUT2D eigenvalue weighted by atomic mass is 32.1. The summed E-state index contributed by atoms with van der Waals surface area (Å²) in [7, 11) is 3.26. The molecule has 0 amide bonds. The van der Waals surface area contributed by atoms with Crippen LogP contribution in [0.15, 0.2) is 18.2 Å². The Bertz CT molecular complexity index is 643. The van der Waals surface area contributed by atoms with Gasteiger partial charge in [0.1, 0.15) is 22.0 Å². The molecule has 0 radical (unpaired) electrons. The number of aryl methyl sites for hydroxylation is 1. The topological polar surface area (TPSA) is 47.1 Å². The van der Waals surface area contributed by atoms with Crippen molar-refractivity contribution in [3.8, 4) is 22.8 Å². The molecule has 1 aromatic heterocycles. The lowest BCUT2D eigenvalue weighted by atomic mass is 10.1. The maximum Gasteiger partial charge on any atom is 0.133 e. The van der Waals surface area contributed by atoms with Crippen molar-refractivity contribution in [2.45, 2.75) is 13.8 Å². The monoisotopic (exact) mass is 276 g/mol. The Morgan fingerprint density at radius 3 is 2.16 bits per heavy atom. The summed E-state index contributed by atoms with van der Waals surface area (Å²) in [6.07, 6.45) is 0. The van der Waals surface area contributed by atoms with E-state index in [4.69, 9.17) is 21.7 Å². The van der Waals surface area contributed by atoms with Gasteiger partial charge in [0.2, 0.25) is 0 Å². The number of aromatic nitrogens is 2. The van der Waals surface area contributed by atoms with E-state index in [1.54, 1.807) is 14.2 Å². The number of rotatable bonds is 3. The van der Waals surface area contributed by atoms with Crippen LogP contribution in [0.4, 0.5) is 0 Å². The van der Waals surface area contributed by atoms with Crippen LogP contribution < -0.4 is 9.47 Å². The highest BCUT2D eigenvalue weighted by Crippen LogP contribution is 2.30.